The van der Waals surface area contributed by atoms with E-state index >= 15 is 0 Å². The summed E-state index contributed by atoms with van der Waals surface area (Å²) in [4.78, 5) is 14.5. The number of benzene rings is 2. The van der Waals surface area contributed by atoms with E-state index in [-0.39, 0.29) is 17.2 Å². The number of halogens is 4. The lowest BCUT2D eigenvalue weighted by atomic mass is 9.82. The number of carbonyl (C=O) groups is 1. The van der Waals surface area contributed by atoms with Crippen LogP contribution in [0, 0.1) is 5.82 Å². The van der Waals surface area contributed by atoms with E-state index in [1.54, 1.807) is 23.1 Å². The number of morpholine rings is 1. The SMILES string of the molecule is C=Cc1cc(C(=O)N2CCOCC2)ccc1NC(C)CC(O)(CC(C)c1cc(F)ccc1OC)C(F)(F)F. The normalized spacial score (nSPS) is 17.3. The van der Waals surface area contributed by atoms with Crippen LogP contribution in [0.3, 0.4) is 0 Å². The minimum absolute atomic E-state index is 0.163. The van der Waals surface area contributed by atoms with Gasteiger partial charge in [0.15, 0.2) is 5.60 Å². The van der Waals surface area contributed by atoms with Crippen molar-refractivity contribution in [2.24, 2.45) is 0 Å². The van der Waals surface area contributed by atoms with Gasteiger partial charge in [0.05, 0.1) is 20.3 Å². The smallest absolute Gasteiger partial charge is 0.417 e. The van der Waals surface area contributed by atoms with Gasteiger partial charge in [-0.1, -0.05) is 19.6 Å². The Balaban J connectivity index is 1.77. The number of nitrogens with one attached hydrogen (secondary N) is 1. The maximum absolute atomic E-state index is 14.2. The fourth-order valence-electron chi connectivity index (χ4n) is 4.79. The molecule has 2 aromatic carbocycles. The van der Waals surface area contributed by atoms with Crippen LogP contribution in [-0.4, -0.2) is 67.1 Å². The molecule has 1 aliphatic rings. The van der Waals surface area contributed by atoms with Gasteiger partial charge in [-0.15, -0.1) is 0 Å². The standard InChI is InChI=1S/C28H34F4N2O4/c1-5-20-14-21(26(35)34-10-12-38-13-11-34)6-8-24(20)33-19(3)17-27(36,28(30,31)32)16-18(2)23-15-22(29)7-9-25(23)37-4/h5-9,14-15,18-19,33,36H,1,10-13,16-17H2,2-4H3. The van der Waals surface area contributed by atoms with Crippen molar-refractivity contribution in [3.63, 3.8) is 0 Å². The molecule has 2 aromatic rings. The van der Waals surface area contributed by atoms with Crippen LogP contribution in [-0.2, 0) is 4.74 Å². The van der Waals surface area contributed by atoms with Crippen LogP contribution in [0.15, 0.2) is 43.0 Å². The zero-order valence-corrected chi connectivity index (χ0v) is 21.8. The average Bonchev–Trinajstić information content (AvgIpc) is 2.88. The molecule has 1 saturated heterocycles. The molecule has 1 aliphatic heterocycles. The lowest BCUT2D eigenvalue weighted by Gasteiger charge is -2.35. The Morgan fingerprint density at radius 1 is 1.18 bits per heavy atom. The Labute approximate surface area is 220 Å². The molecule has 1 amide bonds. The molecule has 6 nitrogen and oxygen atoms in total. The molecule has 0 saturated carbocycles. The van der Waals surface area contributed by atoms with Gasteiger partial charge in [-0.2, -0.15) is 13.2 Å². The third kappa shape index (κ3) is 6.85. The molecule has 208 valence electrons. The Morgan fingerprint density at radius 3 is 2.47 bits per heavy atom. The summed E-state index contributed by atoms with van der Waals surface area (Å²) in [5.74, 6) is -1.37. The number of methoxy groups -OCH3 is 1. The Hall–Kier alpha value is -3.11. The second-order valence-corrected chi connectivity index (χ2v) is 9.68. The summed E-state index contributed by atoms with van der Waals surface area (Å²) in [6, 6.07) is 7.67. The first-order valence-electron chi connectivity index (χ1n) is 12.4. The molecule has 3 rings (SSSR count). The fourth-order valence-corrected chi connectivity index (χ4v) is 4.79. The number of alkyl halides is 3. The van der Waals surface area contributed by atoms with Crippen molar-refractivity contribution in [3.05, 3.63) is 65.5 Å². The minimum Gasteiger partial charge on any atom is -0.496 e. The highest BCUT2D eigenvalue weighted by Gasteiger charge is 2.54. The predicted octanol–water partition coefficient (Wildman–Crippen LogP) is 5.63. The highest BCUT2D eigenvalue weighted by Crippen LogP contribution is 2.43. The van der Waals surface area contributed by atoms with Gasteiger partial charge in [-0.3, -0.25) is 4.79 Å². The third-order valence-corrected chi connectivity index (χ3v) is 6.76. The molecule has 1 fully saturated rings. The van der Waals surface area contributed by atoms with E-state index in [2.05, 4.69) is 11.9 Å². The molecule has 0 spiro atoms. The Kier molecular flexibility index (Phi) is 9.43. The minimum atomic E-state index is -4.94. The van der Waals surface area contributed by atoms with Gasteiger partial charge in [0.25, 0.3) is 5.91 Å². The summed E-state index contributed by atoms with van der Waals surface area (Å²) in [5.41, 5.74) is -1.36. The number of aliphatic hydroxyl groups is 1. The molecule has 0 aliphatic carbocycles. The lowest BCUT2D eigenvalue weighted by molar-refractivity contribution is -0.266. The predicted molar refractivity (Wildman–Crippen MR) is 138 cm³/mol. The Bertz CT molecular complexity index is 1130. The number of hydrogen-bond donors (Lipinski definition) is 2. The van der Waals surface area contributed by atoms with E-state index in [4.69, 9.17) is 9.47 Å². The number of amides is 1. The lowest BCUT2D eigenvalue weighted by Crippen LogP contribution is -2.49. The molecule has 10 heteroatoms. The maximum Gasteiger partial charge on any atom is 0.417 e. The summed E-state index contributed by atoms with van der Waals surface area (Å²) in [6.45, 7) is 8.68. The van der Waals surface area contributed by atoms with Gasteiger partial charge in [-0.25, -0.2) is 4.39 Å². The molecule has 2 N–H and O–H groups in total. The summed E-state index contributed by atoms with van der Waals surface area (Å²) in [6.07, 6.45) is -4.78. The zero-order valence-electron chi connectivity index (χ0n) is 21.8. The molecule has 1 heterocycles. The van der Waals surface area contributed by atoms with Crippen LogP contribution in [0.25, 0.3) is 6.08 Å². The fraction of sp³-hybridized carbons (Fsp3) is 0.464. The highest BCUT2D eigenvalue weighted by molar-refractivity contribution is 5.95. The van der Waals surface area contributed by atoms with Crippen molar-refractivity contribution in [2.45, 2.75) is 50.4 Å². The Morgan fingerprint density at radius 2 is 1.87 bits per heavy atom. The van der Waals surface area contributed by atoms with Crippen LogP contribution in [0.5, 0.6) is 5.75 Å². The number of anilines is 1. The molecular formula is C28H34F4N2O4. The van der Waals surface area contributed by atoms with Crippen molar-refractivity contribution in [2.75, 3.05) is 38.7 Å². The van der Waals surface area contributed by atoms with Gasteiger partial charge >= 0.3 is 6.18 Å². The number of rotatable bonds is 10. The summed E-state index contributed by atoms with van der Waals surface area (Å²) < 4.78 is 66.8. The van der Waals surface area contributed by atoms with E-state index in [9.17, 15) is 27.5 Å². The zero-order chi connectivity index (χ0) is 28.1. The number of nitrogens with zero attached hydrogens (tertiary/aromatic N) is 1. The van der Waals surface area contributed by atoms with Gasteiger partial charge in [0.2, 0.25) is 0 Å². The molecule has 3 unspecified atom stereocenters. The third-order valence-electron chi connectivity index (χ3n) is 6.76. The summed E-state index contributed by atoms with van der Waals surface area (Å²) in [5, 5.41) is 13.9. The van der Waals surface area contributed by atoms with Crippen molar-refractivity contribution in [1.82, 2.24) is 4.90 Å². The first-order chi connectivity index (χ1) is 17.9. The molecule has 38 heavy (non-hydrogen) atoms. The number of carbonyl (C=O) groups excluding carboxylic acids is 1. The van der Waals surface area contributed by atoms with Crippen molar-refractivity contribution in [3.8, 4) is 5.75 Å². The average molecular weight is 539 g/mol. The van der Waals surface area contributed by atoms with Crippen LogP contribution in [0.1, 0.15) is 54.1 Å². The van der Waals surface area contributed by atoms with Crippen LogP contribution in [0.4, 0.5) is 23.2 Å². The van der Waals surface area contributed by atoms with Crippen LogP contribution < -0.4 is 10.1 Å². The topological polar surface area (TPSA) is 71.0 Å². The largest absolute Gasteiger partial charge is 0.496 e. The van der Waals surface area contributed by atoms with E-state index in [1.165, 1.54) is 33.1 Å². The van der Waals surface area contributed by atoms with Gasteiger partial charge in [0.1, 0.15) is 11.6 Å². The first kappa shape index (κ1) is 29.4. The van der Waals surface area contributed by atoms with Crippen molar-refractivity contribution in [1.29, 1.82) is 0 Å². The van der Waals surface area contributed by atoms with Crippen molar-refractivity contribution >= 4 is 17.7 Å². The molecule has 0 bridgehead atoms. The first-order valence-corrected chi connectivity index (χ1v) is 12.4. The second kappa shape index (κ2) is 12.2. The summed E-state index contributed by atoms with van der Waals surface area (Å²) >= 11 is 0. The monoisotopic (exact) mass is 538 g/mol. The maximum atomic E-state index is 14.2. The number of ether oxygens (including phenoxy) is 2. The van der Waals surface area contributed by atoms with Crippen LogP contribution in [0.2, 0.25) is 0 Å². The van der Waals surface area contributed by atoms with E-state index in [0.717, 1.165) is 12.1 Å². The van der Waals surface area contributed by atoms with Gasteiger partial charge in [0, 0.05) is 36.8 Å². The molecular weight excluding hydrogens is 504 g/mol. The molecule has 0 radical (unpaired) electrons. The van der Waals surface area contributed by atoms with Crippen molar-refractivity contribution < 1.29 is 36.9 Å². The van der Waals surface area contributed by atoms with E-state index in [0.29, 0.717) is 43.1 Å². The molecule has 0 aromatic heterocycles. The van der Waals surface area contributed by atoms with Gasteiger partial charge in [-0.05, 0) is 66.8 Å². The van der Waals surface area contributed by atoms with Crippen LogP contribution >= 0.6 is 0 Å². The highest BCUT2D eigenvalue weighted by atomic mass is 19.4. The molecule has 3 atom stereocenters. The second-order valence-electron chi connectivity index (χ2n) is 9.68. The van der Waals surface area contributed by atoms with E-state index in [1.807, 2.05) is 0 Å². The van der Waals surface area contributed by atoms with E-state index < -0.39 is 42.4 Å². The quantitative estimate of drug-likeness (QED) is 0.384. The number of hydrogen-bond acceptors (Lipinski definition) is 5. The summed E-state index contributed by atoms with van der Waals surface area (Å²) in [7, 11) is 1.35. The van der Waals surface area contributed by atoms with Gasteiger partial charge < -0.3 is 24.8 Å².